The van der Waals surface area contributed by atoms with Gasteiger partial charge < -0.3 is 9.84 Å². The molecule has 1 rings (SSSR count). The van der Waals surface area contributed by atoms with Gasteiger partial charge in [-0.1, -0.05) is 12.1 Å². The minimum Gasteiger partial charge on any atom is -0.495 e. The lowest BCUT2D eigenvalue weighted by atomic mass is 10.3. The van der Waals surface area contributed by atoms with Gasteiger partial charge in [-0.25, -0.2) is 12.7 Å². The molecule has 0 unspecified atom stereocenters. The van der Waals surface area contributed by atoms with Crippen molar-refractivity contribution in [2.45, 2.75) is 17.7 Å². The van der Waals surface area contributed by atoms with Crippen LogP contribution in [0.4, 0.5) is 0 Å². The third-order valence-corrected chi connectivity index (χ3v) is 4.52. The van der Waals surface area contributed by atoms with Crippen molar-refractivity contribution in [1.29, 1.82) is 0 Å². The highest BCUT2D eigenvalue weighted by Crippen LogP contribution is 2.25. The van der Waals surface area contributed by atoms with E-state index in [1.807, 2.05) is 0 Å². The SMILES string of the molecule is COc1ccccc1S(=O)(=O)N(C)CCCC(=O)O. The van der Waals surface area contributed by atoms with Gasteiger partial charge in [-0.05, 0) is 18.6 Å². The van der Waals surface area contributed by atoms with E-state index in [2.05, 4.69) is 0 Å². The van der Waals surface area contributed by atoms with E-state index in [1.165, 1.54) is 20.2 Å². The lowest BCUT2D eigenvalue weighted by Crippen LogP contribution is -2.28. The second-order valence-electron chi connectivity index (χ2n) is 3.97. The average Bonchev–Trinajstić information content (AvgIpc) is 2.38. The number of ether oxygens (including phenoxy) is 1. The first-order chi connectivity index (χ1) is 8.89. The second kappa shape index (κ2) is 6.53. The van der Waals surface area contributed by atoms with Gasteiger partial charge in [0.05, 0.1) is 7.11 Å². The van der Waals surface area contributed by atoms with Crippen LogP contribution in [0.15, 0.2) is 29.2 Å². The van der Waals surface area contributed by atoms with Gasteiger partial charge in [0.2, 0.25) is 10.0 Å². The average molecular weight is 287 g/mol. The summed E-state index contributed by atoms with van der Waals surface area (Å²) in [5.74, 6) is -0.671. The van der Waals surface area contributed by atoms with Crippen molar-refractivity contribution in [3.8, 4) is 5.75 Å². The Bertz CT molecular complexity index is 541. The summed E-state index contributed by atoms with van der Waals surface area (Å²) in [7, 11) is -0.842. The molecular weight excluding hydrogens is 270 g/mol. The predicted molar refractivity (Wildman–Crippen MR) is 69.7 cm³/mol. The van der Waals surface area contributed by atoms with E-state index < -0.39 is 16.0 Å². The first-order valence-corrected chi connectivity index (χ1v) is 7.14. The number of carboxylic acids is 1. The second-order valence-corrected chi connectivity index (χ2v) is 5.99. The van der Waals surface area contributed by atoms with Crippen LogP contribution in [0.25, 0.3) is 0 Å². The molecular formula is C12H17NO5S. The van der Waals surface area contributed by atoms with Crippen LogP contribution in [0, 0.1) is 0 Å². The maximum atomic E-state index is 12.3. The molecule has 0 saturated heterocycles. The van der Waals surface area contributed by atoms with Crippen molar-refractivity contribution >= 4 is 16.0 Å². The summed E-state index contributed by atoms with van der Waals surface area (Å²) >= 11 is 0. The monoisotopic (exact) mass is 287 g/mol. The number of nitrogens with zero attached hydrogens (tertiary/aromatic N) is 1. The molecule has 1 aromatic carbocycles. The topological polar surface area (TPSA) is 83.9 Å². The summed E-state index contributed by atoms with van der Waals surface area (Å²) in [5, 5.41) is 8.54. The van der Waals surface area contributed by atoms with Crippen molar-refractivity contribution in [1.82, 2.24) is 4.31 Å². The van der Waals surface area contributed by atoms with Crippen molar-refractivity contribution in [3.63, 3.8) is 0 Å². The Kier molecular flexibility index (Phi) is 5.31. The fourth-order valence-electron chi connectivity index (χ4n) is 1.57. The Labute approximate surface area is 112 Å². The molecule has 0 radical (unpaired) electrons. The quantitative estimate of drug-likeness (QED) is 0.814. The van der Waals surface area contributed by atoms with Crippen LogP contribution in [0.5, 0.6) is 5.75 Å². The fourth-order valence-corrected chi connectivity index (χ4v) is 2.93. The minimum absolute atomic E-state index is 0.0637. The molecule has 0 heterocycles. The van der Waals surface area contributed by atoms with E-state index in [4.69, 9.17) is 9.84 Å². The van der Waals surface area contributed by atoms with Gasteiger partial charge in [0, 0.05) is 20.0 Å². The third kappa shape index (κ3) is 3.93. The molecule has 0 saturated carbocycles. The molecule has 0 atom stereocenters. The maximum absolute atomic E-state index is 12.3. The molecule has 0 spiro atoms. The van der Waals surface area contributed by atoms with Gasteiger partial charge in [0.1, 0.15) is 10.6 Å². The van der Waals surface area contributed by atoms with E-state index in [1.54, 1.807) is 18.2 Å². The van der Waals surface area contributed by atoms with Gasteiger partial charge in [-0.3, -0.25) is 4.79 Å². The van der Waals surface area contributed by atoms with E-state index in [-0.39, 0.29) is 30.0 Å². The van der Waals surface area contributed by atoms with Crippen LogP contribution in [0.1, 0.15) is 12.8 Å². The normalized spacial score (nSPS) is 11.5. The Balaban J connectivity index is 2.87. The Morgan fingerprint density at radius 1 is 1.37 bits per heavy atom. The summed E-state index contributed by atoms with van der Waals surface area (Å²) in [6.45, 7) is 0.146. The number of carboxylic acid groups (broad SMARTS) is 1. The first kappa shape index (κ1) is 15.5. The standard InChI is InChI=1S/C12H17NO5S/c1-13(9-5-8-12(14)15)19(16,17)11-7-4-3-6-10(11)18-2/h3-4,6-7H,5,8-9H2,1-2H3,(H,14,15). The first-order valence-electron chi connectivity index (χ1n) is 5.70. The molecule has 106 valence electrons. The minimum atomic E-state index is -3.66. The summed E-state index contributed by atoms with van der Waals surface area (Å²) in [6.07, 6.45) is 0.200. The van der Waals surface area contributed by atoms with Crippen LogP contribution >= 0.6 is 0 Å². The molecule has 7 heteroatoms. The molecule has 0 fully saturated rings. The molecule has 0 aliphatic rings. The number of methoxy groups -OCH3 is 1. The number of hydrogen-bond acceptors (Lipinski definition) is 4. The molecule has 0 amide bonds. The molecule has 0 aromatic heterocycles. The van der Waals surface area contributed by atoms with E-state index in [0.29, 0.717) is 0 Å². The number of benzene rings is 1. The Hall–Kier alpha value is -1.60. The zero-order valence-electron chi connectivity index (χ0n) is 10.9. The summed E-state index contributed by atoms with van der Waals surface area (Å²) < 4.78 is 30.7. The smallest absolute Gasteiger partial charge is 0.303 e. The number of aliphatic carboxylic acids is 1. The van der Waals surface area contributed by atoms with Crippen LogP contribution in [0.3, 0.4) is 0 Å². The van der Waals surface area contributed by atoms with E-state index >= 15 is 0 Å². The highest BCUT2D eigenvalue weighted by atomic mass is 32.2. The summed E-state index contributed by atoms with van der Waals surface area (Å²) in [6, 6.07) is 6.32. The van der Waals surface area contributed by atoms with Gasteiger partial charge in [0.25, 0.3) is 0 Å². The molecule has 0 bridgehead atoms. The highest BCUT2D eigenvalue weighted by Gasteiger charge is 2.24. The number of rotatable bonds is 7. The van der Waals surface area contributed by atoms with Crippen molar-refractivity contribution in [2.24, 2.45) is 0 Å². The largest absolute Gasteiger partial charge is 0.495 e. The number of carbonyl (C=O) groups is 1. The number of hydrogen-bond donors (Lipinski definition) is 1. The van der Waals surface area contributed by atoms with E-state index in [9.17, 15) is 13.2 Å². The fraction of sp³-hybridized carbons (Fsp3) is 0.417. The van der Waals surface area contributed by atoms with Crippen LogP contribution in [-0.4, -0.2) is 44.5 Å². The molecule has 0 aliphatic carbocycles. The number of sulfonamides is 1. The maximum Gasteiger partial charge on any atom is 0.303 e. The van der Waals surface area contributed by atoms with Crippen molar-refractivity contribution < 1.29 is 23.1 Å². The van der Waals surface area contributed by atoms with Gasteiger partial charge in [0.15, 0.2) is 0 Å². The summed E-state index contributed by atoms with van der Waals surface area (Å²) in [4.78, 5) is 10.5. The highest BCUT2D eigenvalue weighted by molar-refractivity contribution is 7.89. The van der Waals surface area contributed by atoms with E-state index in [0.717, 1.165) is 4.31 Å². The zero-order chi connectivity index (χ0) is 14.5. The van der Waals surface area contributed by atoms with Crippen LogP contribution in [-0.2, 0) is 14.8 Å². The van der Waals surface area contributed by atoms with Crippen LogP contribution < -0.4 is 4.74 Å². The molecule has 19 heavy (non-hydrogen) atoms. The Morgan fingerprint density at radius 3 is 2.58 bits per heavy atom. The molecule has 1 N–H and O–H groups in total. The Morgan fingerprint density at radius 2 is 2.00 bits per heavy atom. The van der Waals surface area contributed by atoms with Gasteiger partial charge >= 0.3 is 5.97 Å². The van der Waals surface area contributed by atoms with Gasteiger partial charge in [-0.15, -0.1) is 0 Å². The van der Waals surface area contributed by atoms with Crippen molar-refractivity contribution in [3.05, 3.63) is 24.3 Å². The zero-order valence-corrected chi connectivity index (χ0v) is 11.7. The van der Waals surface area contributed by atoms with Crippen LogP contribution in [0.2, 0.25) is 0 Å². The molecule has 0 aliphatic heterocycles. The van der Waals surface area contributed by atoms with Crippen molar-refractivity contribution in [2.75, 3.05) is 20.7 Å². The third-order valence-electron chi connectivity index (χ3n) is 2.62. The summed E-state index contributed by atoms with van der Waals surface area (Å²) in [5.41, 5.74) is 0. The van der Waals surface area contributed by atoms with Gasteiger partial charge in [-0.2, -0.15) is 0 Å². The molecule has 6 nitrogen and oxygen atoms in total. The number of para-hydroxylation sites is 1. The lowest BCUT2D eigenvalue weighted by molar-refractivity contribution is -0.137. The lowest BCUT2D eigenvalue weighted by Gasteiger charge is -2.18. The molecule has 1 aromatic rings. The predicted octanol–water partition coefficient (Wildman–Crippen LogP) is 1.18.